The number of carbonyl (C=O) groups excluding carboxylic acids is 2. The number of nitrogen functional groups attached to an aromatic ring is 1. The summed E-state index contributed by atoms with van der Waals surface area (Å²) in [6, 6.07) is -0.968. The van der Waals surface area contributed by atoms with Crippen LogP contribution in [0.3, 0.4) is 0 Å². The Morgan fingerprint density at radius 1 is 1.52 bits per heavy atom. The van der Waals surface area contributed by atoms with Crippen molar-refractivity contribution in [1.29, 1.82) is 0 Å². The van der Waals surface area contributed by atoms with E-state index in [1.807, 2.05) is 0 Å². The summed E-state index contributed by atoms with van der Waals surface area (Å²) in [4.78, 5) is 40.7. The maximum absolute atomic E-state index is 12.3. The lowest BCUT2D eigenvalue weighted by atomic mass is 10.0. The molecule has 2 aliphatic heterocycles. The first-order valence-corrected chi connectivity index (χ1v) is 8.96. The van der Waals surface area contributed by atoms with Gasteiger partial charge in [0.25, 0.3) is 11.8 Å². The van der Waals surface area contributed by atoms with Gasteiger partial charge in [-0.05, 0) is 0 Å². The lowest BCUT2D eigenvalue weighted by molar-refractivity contribution is -0.150. The van der Waals surface area contributed by atoms with Crippen molar-refractivity contribution in [1.82, 2.24) is 15.2 Å². The number of oxime groups is 1. The van der Waals surface area contributed by atoms with Crippen LogP contribution in [0.5, 0.6) is 0 Å². The van der Waals surface area contributed by atoms with Crippen LogP contribution in [0, 0.1) is 0 Å². The average molecular weight is 404 g/mol. The first kappa shape index (κ1) is 17.5. The standard InChI is InChI=1S/C12H10ClN5O5S2/c13-3-1-24-10-6(9(20)18(10)7(3)11(21)22)16-8(19)5(17-23)4-2-25-12(14)15-4/h2,6,10,23H,1H2,(H2,14,15)(H,16,19)(H,21,22). The second kappa shape index (κ2) is 6.54. The predicted octanol–water partition coefficient (Wildman–Crippen LogP) is -0.161. The molecule has 13 heteroatoms. The molecule has 2 aliphatic rings. The lowest BCUT2D eigenvalue weighted by Gasteiger charge is -2.48. The predicted molar refractivity (Wildman–Crippen MR) is 90.4 cm³/mol. The molecule has 2 amide bonds. The molecular weight excluding hydrogens is 394 g/mol. The van der Waals surface area contributed by atoms with Crippen LogP contribution in [-0.4, -0.2) is 60.9 Å². The number of carboxylic acids is 1. The van der Waals surface area contributed by atoms with E-state index in [0.717, 1.165) is 16.2 Å². The summed E-state index contributed by atoms with van der Waals surface area (Å²) in [5, 5.41) is 24.6. The van der Waals surface area contributed by atoms with Gasteiger partial charge in [-0.2, -0.15) is 0 Å². The number of halogens is 1. The number of nitrogens with zero attached hydrogens (tertiary/aromatic N) is 3. The van der Waals surface area contributed by atoms with Gasteiger partial charge in [0.2, 0.25) is 0 Å². The molecular formula is C12H10ClN5O5S2. The Hall–Kier alpha value is -2.31. The highest BCUT2D eigenvalue weighted by Gasteiger charge is 2.54. The molecule has 132 valence electrons. The molecule has 0 radical (unpaired) electrons. The fraction of sp³-hybridized carbons (Fsp3) is 0.250. The van der Waals surface area contributed by atoms with Gasteiger partial charge in [0.15, 0.2) is 10.8 Å². The Bertz CT molecular complexity index is 838. The SMILES string of the molecule is Nc1nc(C(=NO)C(=O)NC2C(=O)N3C(C(=O)O)=C(Cl)CSC23)cs1. The number of nitrogens with two attached hydrogens (primary N) is 1. The Morgan fingerprint density at radius 2 is 2.24 bits per heavy atom. The van der Waals surface area contributed by atoms with E-state index in [1.165, 1.54) is 17.1 Å². The summed E-state index contributed by atoms with van der Waals surface area (Å²) in [5.74, 6) is -2.56. The van der Waals surface area contributed by atoms with Gasteiger partial charge in [-0.1, -0.05) is 16.8 Å². The first-order chi connectivity index (χ1) is 11.8. The number of thiazole rings is 1. The molecule has 0 saturated carbocycles. The summed E-state index contributed by atoms with van der Waals surface area (Å²) in [6.45, 7) is 0. The van der Waals surface area contributed by atoms with Gasteiger partial charge in [-0.3, -0.25) is 14.5 Å². The molecule has 0 aliphatic carbocycles. The molecule has 3 rings (SSSR count). The largest absolute Gasteiger partial charge is 0.477 e. The summed E-state index contributed by atoms with van der Waals surface area (Å²) in [5.41, 5.74) is 4.86. The van der Waals surface area contributed by atoms with E-state index < -0.39 is 34.9 Å². The number of carboxylic acid groups (broad SMARTS) is 1. The number of β-lactam (4-membered cyclic amide) rings is 1. The molecule has 1 aromatic heterocycles. The minimum absolute atomic E-state index is 0.0578. The van der Waals surface area contributed by atoms with Crippen molar-refractivity contribution < 1.29 is 24.7 Å². The Labute approximate surface area is 153 Å². The lowest BCUT2D eigenvalue weighted by Crippen LogP contribution is -2.70. The van der Waals surface area contributed by atoms with Crippen LogP contribution in [0.2, 0.25) is 0 Å². The van der Waals surface area contributed by atoms with Crippen LogP contribution < -0.4 is 11.1 Å². The number of thioether (sulfide) groups is 1. The third kappa shape index (κ3) is 2.92. The van der Waals surface area contributed by atoms with Crippen LogP contribution >= 0.6 is 34.7 Å². The van der Waals surface area contributed by atoms with Crippen LogP contribution in [0.4, 0.5) is 5.13 Å². The van der Waals surface area contributed by atoms with Crippen molar-refractivity contribution in [2.75, 3.05) is 11.5 Å². The second-order valence-corrected chi connectivity index (χ2v) is 7.39. The Balaban J connectivity index is 1.76. The molecule has 0 bridgehead atoms. The van der Waals surface area contributed by atoms with E-state index >= 15 is 0 Å². The highest BCUT2D eigenvalue weighted by atomic mass is 35.5. The van der Waals surface area contributed by atoms with E-state index in [4.69, 9.17) is 22.5 Å². The number of fused-ring (bicyclic) bond motifs is 1. The zero-order chi connectivity index (χ0) is 18.3. The third-order valence-electron chi connectivity index (χ3n) is 3.49. The number of nitrogens with one attached hydrogen (secondary N) is 1. The Kier molecular flexibility index (Phi) is 4.58. The van der Waals surface area contributed by atoms with Crippen LogP contribution in [-0.2, 0) is 14.4 Å². The third-order valence-corrected chi connectivity index (χ3v) is 5.92. The van der Waals surface area contributed by atoms with E-state index in [9.17, 15) is 19.5 Å². The quantitative estimate of drug-likeness (QED) is 0.233. The normalized spacial score (nSPS) is 23.2. The molecule has 1 aromatic rings. The van der Waals surface area contributed by atoms with E-state index in [0.29, 0.717) is 0 Å². The smallest absolute Gasteiger partial charge is 0.353 e. The van der Waals surface area contributed by atoms with Gasteiger partial charge in [-0.25, -0.2) is 9.78 Å². The minimum atomic E-state index is -1.32. The van der Waals surface area contributed by atoms with E-state index in [-0.39, 0.29) is 27.3 Å². The highest BCUT2D eigenvalue weighted by Crippen LogP contribution is 2.41. The van der Waals surface area contributed by atoms with Crippen LogP contribution in [0.1, 0.15) is 5.69 Å². The van der Waals surface area contributed by atoms with Crippen molar-refractivity contribution in [3.05, 3.63) is 21.8 Å². The summed E-state index contributed by atoms with van der Waals surface area (Å²) in [7, 11) is 0. The van der Waals surface area contributed by atoms with Crippen molar-refractivity contribution in [2.45, 2.75) is 11.4 Å². The van der Waals surface area contributed by atoms with Crippen molar-refractivity contribution in [3.8, 4) is 0 Å². The topological polar surface area (TPSA) is 158 Å². The number of aromatic nitrogens is 1. The number of aliphatic carboxylic acids is 1. The molecule has 0 spiro atoms. The fourth-order valence-corrected chi connectivity index (χ4v) is 4.50. The van der Waals surface area contributed by atoms with Crippen molar-refractivity contribution in [2.24, 2.45) is 5.16 Å². The van der Waals surface area contributed by atoms with Crippen molar-refractivity contribution in [3.63, 3.8) is 0 Å². The molecule has 5 N–H and O–H groups in total. The zero-order valence-electron chi connectivity index (χ0n) is 12.2. The Morgan fingerprint density at radius 3 is 2.80 bits per heavy atom. The van der Waals surface area contributed by atoms with Crippen molar-refractivity contribution >= 4 is 63.3 Å². The molecule has 1 saturated heterocycles. The minimum Gasteiger partial charge on any atom is -0.477 e. The van der Waals surface area contributed by atoms with Gasteiger partial charge >= 0.3 is 5.97 Å². The summed E-state index contributed by atoms with van der Waals surface area (Å²) in [6.07, 6.45) is 0. The van der Waals surface area contributed by atoms with E-state index in [1.54, 1.807) is 0 Å². The maximum Gasteiger partial charge on any atom is 0.353 e. The number of carbonyl (C=O) groups is 3. The van der Waals surface area contributed by atoms with Crippen LogP contribution in [0.15, 0.2) is 21.3 Å². The molecule has 2 unspecified atom stereocenters. The molecule has 2 atom stereocenters. The van der Waals surface area contributed by atoms with Gasteiger partial charge in [-0.15, -0.1) is 23.1 Å². The number of rotatable bonds is 4. The zero-order valence-corrected chi connectivity index (χ0v) is 14.6. The summed E-state index contributed by atoms with van der Waals surface area (Å²) < 4.78 is 0. The maximum atomic E-state index is 12.3. The summed E-state index contributed by atoms with van der Waals surface area (Å²) >= 11 is 8.14. The number of hydrogen-bond acceptors (Lipinski definition) is 9. The molecule has 0 aromatic carbocycles. The first-order valence-electron chi connectivity index (χ1n) is 6.66. The number of amides is 2. The van der Waals surface area contributed by atoms with Gasteiger partial charge in [0, 0.05) is 11.1 Å². The number of anilines is 1. The van der Waals surface area contributed by atoms with Gasteiger partial charge in [0.05, 0.1) is 5.03 Å². The van der Waals surface area contributed by atoms with Gasteiger partial charge in [0.1, 0.15) is 22.8 Å². The van der Waals surface area contributed by atoms with Crippen LogP contribution in [0.25, 0.3) is 0 Å². The molecule has 25 heavy (non-hydrogen) atoms. The van der Waals surface area contributed by atoms with Gasteiger partial charge < -0.3 is 21.4 Å². The van der Waals surface area contributed by atoms with E-state index in [2.05, 4.69) is 15.5 Å². The number of hydrogen-bond donors (Lipinski definition) is 4. The average Bonchev–Trinajstić information content (AvgIpc) is 2.98. The molecule has 1 fully saturated rings. The second-order valence-electron chi connectivity index (χ2n) is 4.94. The monoisotopic (exact) mass is 403 g/mol. The molecule has 3 heterocycles. The fourth-order valence-electron chi connectivity index (χ4n) is 2.40. The molecule has 10 nitrogen and oxygen atoms in total. The highest BCUT2D eigenvalue weighted by molar-refractivity contribution is 8.00.